The van der Waals surface area contributed by atoms with Gasteiger partial charge >= 0.3 is 0 Å². The van der Waals surface area contributed by atoms with Crippen LogP contribution >= 0.6 is 0 Å². The van der Waals surface area contributed by atoms with E-state index < -0.39 is 0 Å². The lowest BCUT2D eigenvalue weighted by molar-refractivity contribution is 0.363. The van der Waals surface area contributed by atoms with E-state index in [-0.39, 0.29) is 0 Å². The Labute approximate surface area is 112 Å². The van der Waals surface area contributed by atoms with Crippen molar-refractivity contribution in [3.8, 4) is 0 Å². The van der Waals surface area contributed by atoms with Crippen molar-refractivity contribution >= 4 is 0 Å². The molecule has 0 radical (unpaired) electrons. The van der Waals surface area contributed by atoms with Gasteiger partial charge in [-0.15, -0.1) is 0 Å². The first-order chi connectivity index (χ1) is 8.72. The molecule has 0 spiro atoms. The molecular weight excluding hydrogens is 220 g/mol. The molecule has 1 aromatic carbocycles. The lowest BCUT2D eigenvalue weighted by Gasteiger charge is -2.18. The average Bonchev–Trinajstić information content (AvgIpc) is 2.38. The predicted molar refractivity (Wildman–Crippen MR) is 79.9 cm³/mol. The molecule has 0 aromatic heterocycles. The molecule has 0 bridgehead atoms. The van der Waals surface area contributed by atoms with Crippen LogP contribution in [0, 0.1) is 0 Å². The lowest BCUT2D eigenvalue weighted by Crippen LogP contribution is -2.28. The van der Waals surface area contributed by atoms with Gasteiger partial charge in [-0.25, -0.2) is 0 Å². The van der Waals surface area contributed by atoms with Crippen molar-refractivity contribution < 1.29 is 0 Å². The minimum atomic E-state index is 0.934. The smallest absolute Gasteiger partial charge is 0.0199 e. The van der Waals surface area contributed by atoms with Crippen LogP contribution < -0.4 is 5.32 Å². The Balaban J connectivity index is 2.17. The summed E-state index contributed by atoms with van der Waals surface area (Å²) in [5.41, 5.74) is 2.66. The largest absolute Gasteiger partial charge is 0.313 e. The molecule has 2 nitrogen and oxygen atoms in total. The van der Waals surface area contributed by atoms with E-state index in [2.05, 4.69) is 61.1 Å². The standard InChI is InChI=1S/C16H26N2/c1-4-11-17-13-15(2)14-18(3)12-10-16-8-6-5-7-9-16/h5-9,17H,2,4,10-14H2,1,3H3. The SMILES string of the molecule is C=C(CNCCC)CN(C)CCc1ccccc1. The maximum absolute atomic E-state index is 4.12. The highest BCUT2D eigenvalue weighted by atomic mass is 15.1. The molecule has 0 aliphatic heterocycles. The summed E-state index contributed by atoms with van der Waals surface area (Å²) in [5.74, 6) is 0. The van der Waals surface area contributed by atoms with Crippen molar-refractivity contribution in [2.24, 2.45) is 0 Å². The third kappa shape index (κ3) is 6.58. The van der Waals surface area contributed by atoms with E-state index in [1.54, 1.807) is 0 Å². The van der Waals surface area contributed by atoms with Crippen molar-refractivity contribution in [2.75, 3.05) is 33.2 Å². The van der Waals surface area contributed by atoms with Gasteiger partial charge in [-0.2, -0.15) is 0 Å². The van der Waals surface area contributed by atoms with Crippen molar-refractivity contribution in [1.29, 1.82) is 0 Å². The van der Waals surface area contributed by atoms with Crippen LogP contribution in [0.5, 0.6) is 0 Å². The van der Waals surface area contributed by atoms with Crippen molar-refractivity contribution in [1.82, 2.24) is 10.2 Å². The summed E-state index contributed by atoms with van der Waals surface area (Å²) in [6, 6.07) is 10.6. The number of nitrogens with one attached hydrogen (secondary N) is 1. The van der Waals surface area contributed by atoms with E-state index in [1.807, 2.05) is 0 Å². The minimum absolute atomic E-state index is 0.934. The molecule has 0 unspecified atom stereocenters. The molecule has 1 rings (SSSR count). The summed E-state index contributed by atoms with van der Waals surface area (Å²) in [6.07, 6.45) is 2.28. The minimum Gasteiger partial charge on any atom is -0.313 e. The highest BCUT2D eigenvalue weighted by molar-refractivity contribution is 5.15. The van der Waals surface area contributed by atoms with E-state index in [1.165, 1.54) is 17.6 Å². The number of nitrogens with zero attached hydrogens (tertiary/aromatic N) is 1. The number of hydrogen-bond acceptors (Lipinski definition) is 2. The Kier molecular flexibility index (Phi) is 7.38. The van der Waals surface area contributed by atoms with Crippen LogP contribution in [0.1, 0.15) is 18.9 Å². The lowest BCUT2D eigenvalue weighted by atomic mass is 10.1. The molecule has 0 aliphatic rings. The zero-order valence-corrected chi connectivity index (χ0v) is 11.8. The van der Waals surface area contributed by atoms with Crippen molar-refractivity contribution in [2.45, 2.75) is 19.8 Å². The average molecular weight is 246 g/mol. The molecule has 0 saturated carbocycles. The van der Waals surface area contributed by atoms with Gasteiger partial charge in [0.25, 0.3) is 0 Å². The Morgan fingerprint density at radius 2 is 2.00 bits per heavy atom. The first kappa shape index (κ1) is 14.9. The van der Waals surface area contributed by atoms with Crippen LogP contribution in [-0.4, -0.2) is 38.1 Å². The molecule has 18 heavy (non-hydrogen) atoms. The summed E-state index contributed by atoms with van der Waals surface area (Å²) in [4.78, 5) is 2.34. The third-order valence-corrected chi connectivity index (χ3v) is 2.92. The predicted octanol–water partition coefficient (Wildman–Crippen LogP) is 2.72. The van der Waals surface area contributed by atoms with E-state index in [4.69, 9.17) is 0 Å². The van der Waals surface area contributed by atoms with Crippen LogP contribution in [0.4, 0.5) is 0 Å². The zero-order chi connectivity index (χ0) is 13.2. The molecule has 2 heteroatoms. The number of hydrogen-bond donors (Lipinski definition) is 1. The fraction of sp³-hybridized carbons (Fsp3) is 0.500. The van der Waals surface area contributed by atoms with E-state index in [0.717, 1.165) is 32.6 Å². The summed E-state index contributed by atoms with van der Waals surface area (Å²) in [7, 11) is 2.16. The molecule has 1 aromatic rings. The van der Waals surface area contributed by atoms with E-state index >= 15 is 0 Å². The van der Waals surface area contributed by atoms with Gasteiger partial charge in [0.1, 0.15) is 0 Å². The van der Waals surface area contributed by atoms with Gasteiger partial charge in [0.15, 0.2) is 0 Å². The maximum atomic E-state index is 4.12. The van der Waals surface area contributed by atoms with Crippen LogP contribution in [0.2, 0.25) is 0 Å². The summed E-state index contributed by atoms with van der Waals surface area (Å²) in [5, 5.41) is 3.39. The molecule has 100 valence electrons. The molecule has 0 heterocycles. The second kappa shape index (κ2) is 8.90. The van der Waals surface area contributed by atoms with Gasteiger partial charge in [-0.3, -0.25) is 0 Å². The fourth-order valence-electron chi connectivity index (χ4n) is 1.92. The maximum Gasteiger partial charge on any atom is 0.0199 e. The van der Waals surface area contributed by atoms with Crippen LogP contribution in [0.3, 0.4) is 0 Å². The van der Waals surface area contributed by atoms with Crippen molar-refractivity contribution in [3.05, 3.63) is 48.0 Å². The zero-order valence-electron chi connectivity index (χ0n) is 11.8. The van der Waals surface area contributed by atoms with Gasteiger partial charge in [0.2, 0.25) is 0 Å². The van der Waals surface area contributed by atoms with Gasteiger partial charge in [0, 0.05) is 19.6 Å². The molecule has 0 fully saturated rings. The molecule has 0 aliphatic carbocycles. The summed E-state index contributed by atoms with van der Waals surface area (Å²) < 4.78 is 0. The van der Waals surface area contributed by atoms with E-state index in [9.17, 15) is 0 Å². The quantitative estimate of drug-likeness (QED) is 0.532. The first-order valence-corrected chi connectivity index (χ1v) is 6.82. The molecule has 0 atom stereocenters. The fourth-order valence-corrected chi connectivity index (χ4v) is 1.92. The number of benzene rings is 1. The van der Waals surface area contributed by atoms with Crippen LogP contribution in [-0.2, 0) is 6.42 Å². The van der Waals surface area contributed by atoms with Gasteiger partial charge in [-0.05, 0) is 37.6 Å². The van der Waals surface area contributed by atoms with E-state index in [0.29, 0.717) is 0 Å². The monoisotopic (exact) mass is 246 g/mol. The summed E-state index contributed by atoms with van der Waals surface area (Å²) >= 11 is 0. The van der Waals surface area contributed by atoms with Gasteiger partial charge in [0.05, 0.1) is 0 Å². The Morgan fingerprint density at radius 1 is 1.28 bits per heavy atom. The molecule has 1 N–H and O–H groups in total. The Morgan fingerprint density at radius 3 is 2.67 bits per heavy atom. The second-order valence-corrected chi connectivity index (χ2v) is 4.90. The highest BCUT2D eigenvalue weighted by Gasteiger charge is 2.01. The molecular formula is C16H26N2. The van der Waals surface area contributed by atoms with Gasteiger partial charge in [-0.1, -0.05) is 43.8 Å². The normalized spacial score (nSPS) is 10.8. The first-order valence-electron chi connectivity index (χ1n) is 6.82. The Hall–Kier alpha value is -1.12. The summed E-state index contributed by atoms with van der Waals surface area (Å²) in [6.45, 7) is 10.4. The highest BCUT2D eigenvalue weighted by Crippen LogP contribution is 2.01. The number of rotatable bonds is 9. The topological polar surface area (TPSA) is 15.3 Å². The molecule has 0 saturated heterocycles. The van der Waals surface area contributed by atoms with Gasteiger partial charge < -0.3 is 10.2 Å². The third-order valence-electron chi connectivity index (χ3n) is 2.92. The number of likely N-dealkylation sites (N-methyl/N-ethyl adjacent to an activating group) is 1. The van der Waals surface area contributed by atoms with Crippen LogP contribution in [0.25, 0.3) is 0 Å². The second-order valence-electron chi connectivity index (χ2n) is 4.90. The van der Waals surface area contributed by atoms with Crippen molar-refractivity contribution in [3.63, 3.8) is 0 Å². The molecule has 0 amide bonds. The Bertz CT molecular complexity index is 332. The van der Waals surface area contributed by atoms with Crippen LogP contribution in [0.15, 0.2) is 42.5 Å².